The SMILES string of the molecule is COC(=O)c1cccc2[nH]c(/C=C/c3ccc(OC)c(Cl)c3)nc12.O=P(O)(O)O. The fourth-order valence-corrected chi connectivity index (χ4v) is 2.63. The van der Waals surface area contributed by atoms with Crippen molar-refractivity contribution in [1.29, 1.82) is 0 Å². The number of benzene rings is 2. The van der Waals surface area contributed by atoms with E-state index in [1.54, 1.807) is 31.4 Å². The Morgan fingerprint density at radius 1 is 1.17 bits per heavy atom. The molecule has 29 heavy (non-hydrogen) atoms. The first-order valence-electron chi connectivity index (χ1n) is 7.99. The van der Waals surface area contributed by atoms with Crippen LogP contribution in [0.1, 0.15) is 21.7 Å². The Bertz CT molecular complexity index is 1080. The Kier molecular flexibility index (Phi) is 7.55. The van der Waals surface area contributed by atoms with Crippen molar-refractivity contribution in [2.24, 2.45) is 0 Å². The maximum atomic E-state index is 11.8. The van der Waals surface area contributed by atoms with Gasteiger partial charge in [0.25, 0.3) is 0 Å². The smallest absolute Gasteiger partial charge is 0.466 e. The monoisotopic (exact) mass is 440 g/mol. The summed E-state index contributed by atoms with van der Waals surface area (Å²) >= 11 is 6.11. The summed E-state index contributed by atoms with van der Waals surface area (Å²) in [5, 5.41) is 0.539. The van der Waals surface area contributed by atoms with Crippen molar-refractivity contribution in [3.05, 3.63) is 58.4 Å². The van der Waals surface area contributed by atoms with E-state index in [1.807, 2.05) is 24.3 Å². The highest BCUT2D eigenvalue weighted by atomic mass is 35.5. The lowest BCUT2D eigenvalue weighted by molar-refractivity contribution is 0.0602. The number of H-pyrrole nitrogens is 1. The largest absolute Gasteiger partial charge is 0.495 e. The molecule has 0 atom stereocenters. The third-order valence-electron chi connectivity index (χ3n) is 3.55. The summed E-state index contributed by atoms with van der Waals surface area (Å²) in [5.41, 5.74) is 2.69. The number of aromatic amines is 1. The summed E-state index contributed by atoms with van der Waals surface area (Å²) in [6.07, 6.45) is 3.69. The lowest BCUT2D eigenvalue weighted by Crippen LogP contribution is -2.01. The van der Waals surface area contributed by atoms with Gasteiger partial charge in [-0.1, -0.05) is 29.8 Å². The first-order valence-corrected chi connectivity index (χ1v) is 9.93. The van der Waals surface area contributed by atoms with E-state index in [9.17, 15) is 4.79 Å². The van der Waals surface area contributed by atoms with E-state index >= 15 is 0 Å². The van der Waals surface area contributed by atoms with E-state index in [4.69, 9.17) is 40.3 Å². The third kappa shape index (κ3) is 6.70. The molecule has 0 aliphatic rings. The number of aromatic nitrogens is 2. The second-order valence-corrected chi connectivity index (χ2v) is 6.99. The number of para-hydroxylation sites is 1. The van der Waals surface area contributed by atoms with E-state index in [0.29, 0.717) is 27.7 Å². The molecule has 0 bridgehead atoms. The van der Waals surface area contributed by atoms with Crippen LogP contribution in [0, 0.1) is 0 Å². The minimum Gasteiger partial charge on any atom is -0.495 e. The Morgan fingerprint density at radius 2 is 1.86 bits per heavy atom. The zero-order chi connectivity index (χ0) is 21.6. The number of nitrogens with one attached hydrogen (secondary N) is 1. The number of methoxy groups -OCH3 is 2. The molecule has 0 saturated carbocycles. The number of phosphoric acid groups is 1. The average molecular weight is 441 g/mol. The van der Waals surface area contributed by atoms with Gasteiger partial charge in [-0.3, -0.25) is 0 Å². The molecule has 154 valence electrons. The topological polar surface area (TPSA) is 142 Å². The molecule has 0 fully saturated rings. The normalized spacial score (nSPS) is 11.2. The van der Waals surface area contributed by atoms with Gasteiger partial charge in [0.2, 0.25) is 0 Å². The van der Waals surface area contributed by atoms with Crippen LogP contribution < -0.4 is 4.74 Å². The summed E-state index contributed by atoms with van der Waals surface area (Å²) in [5.74, 6) is 0.845. The van der Waals surface area contributed by atoms with Gasteiger partial charge in [-0.25, -0.2) is 14.3 Å². The zero-order valence-corrected chi connectivity index (χ0v) is 17.0. The number of nitrogens with zero attached hydrogens (tertiary/aromatic N) is 1. The molecule has 1 aromatic heterocycles. The summed E-state index contributed by atoms with van der Waals surface area (Å²) in [6.45, 7) is 0. The number of esters is 1. The van der Waals surface area contributed by atoms with E-state index in [-0.39, 0.29) is 0 Å². The molecule has 0 spiro atoms. The summed E-state index contributed by atoms with van der Waals surface area (Å²) in [7, 11) is -1.72. The Balaban J connectivity index is 0.000000537. The van der Waals surface area contributed by atoms with Gasteiger partial charge in [0.1, 0.15) is 17.1 Å². The predicted molar refractivity (Wildman–Crippen MR) is 109 cm³/mol. The van der Waals surface area contributed by atoms with Crippen LogP contribution in [0.3, 0.4) is 0 Å². The van der Waals surface area contributed by atoms with Gasteiger partial charge in [0.15, 0.2) is 0 Å². The van der Waals surface area contributed by atoms with Crippen molar-refractivity contribution in [2.45, 2.75) is 0 Å². The van der Waals surface area contributed by atoms with Crippen LogP contribution in [0.2, 0.25) is 5.02 Å². The minimum atomic E-state index is -4.64. The molecule has 1 heterocycles. The Labute approximate surface area is 170 Å². The van der Waals surface area contributed by atoms with Crippen molar-refractivity contribution in [1.82, 2.24) is 9.97 Å². The van der Waals surface area contributed by atoms with E-state index in [2.05, 4.69) is 9.97 Å². The molecule has 0 amide bonds. The number of carbonyl (C=O) groups is 1. The highest BCUT2D eigenvalue weighted by molar-refractivity contribution is 7.45. The quantitative estimate of drug-likeness (QED) is 0.357. The van der Waals surface area contributed by atoms with Gasteiger partial charge in [0.05, 0.1) is 30.3 Å². The number of halogens is 1. The molecular weight excluding hydrogens is 423 g/mol. The molecule has 11 heteroatoms. The van der Waals surface area contributed by atoms with Crippen molar-refractivity contribution < 1.29 is 33.5 Å². The van der Waals surface area contributed by atoms with Crippen LogP contribution >= 0.6 is 19.4 Å². The van der Waals surface area contributed by atoms with Crippen molar-refractivity contribution in [2.75, 3.05) is 14.2 Å². The highest BCUT2D eigenvalue weighted by Crippen LogP contribution is 2.26. The summed E-state index contributed by atoms with van der Waals surface area (Å²) < 4.78 is 18.8. The standard InChI is InChI=1S/C18H15ClN2O3.H3O4P/c1-23-15-8-6-11(10-13(15)19)7-9-16-20-14-5-3-4-12(17(14)21-16)18(22)24-2;1-5(2,3)4/h3-10H,1-2H3,(H,20,21);(H3,1,2,3,4)/b9-7+;. The molecule has 3 aromatic rings. The molecule has 0 aliphatic heterocycles. The van der Waals surface area contributed by atoms with E-state index < -0.39 is 13.8 Å². The Hall–Kier alpha value is -2.68. The van der Waals surface area contributed by atoms with Crippen LogP contribution in [0.4, 0.5) is 0 Å². The maximum Gasteiger partial charge on any atom is 0.466 e. The molecule has 4 N–H and O–H groups in total. The second kappa shape index (κ2) is 9.69. The molecule has 9 nitrogen and oxygen atoms in total. The molecule has 0 radical (unpaired) electrons. The third-order valence-corrected chi connectivity index (χ3v) is 3.84. The maximum absolute atomic E-state index is 11.8. The number of ether oxygens (including phenoxy) is 2. The first-order chi connectivity index (χ1) is 13.6. The predicted octanol–water partition coefficient (Wildman–Crippen LogP) is 3.25. The average Bonchev–Trinajstić information content (AvgIpc) is 3.07. The van der Waals surface area contributed by atoms with Crippen molar-refractivity contribution >= 4 is 48.6 Å². The van der Waals surface area contributed by atoms with Crippen molar-refractivity contribution in [3.8, 4) is 5.75 Å². The van der Waals surface area contributed by atoms with Gasteiger partial charge < -0.3 is 29.1 Å². The van der Waals surface area contributed by atoms with Gasteiger partial charge in [0, 0.05) is 0 Å². The summed E-state index contributed by atoms with van der Waals surface area (Å²) in [6, 6.07) is 10.8. The van der Waals surface area contributed by atoms with Crippen molar-refractivity contribution in [3.63, 3.8) is 0 Å². The van der Waals surface area contributed by atoms with E-state index in [1.165, 1.54) is 7.11 Å². The van der Waals surface area contributed by atoms with Gasteiger partial charge >= 0.3 is 13.8 Å². The lowest BCUT2D eigenvalue weighted by Gasteiger charge is -2.02. The Morgan fingerprint density at radius 3 is 2.45 bits per heavy atom. The van der Waals surface area contributed by atoms with Gasteiger partial charge in [-0.2, -0.15) is 0 Å². The van der Waals surface area contributed by atoms with Crippen LogP contribution in [-0.2, 0) is 9.30 Å². The molecule has 0 aliphatic carbocycles. The highest BCUT2D eigenvalue weighted by Gasteiger charge is 2.13. The number of hydrogen-bond donors (Lipinski definition) is 4. The molecule has 0 unspecified atom stereocenters. The van der Waals surface area contributed by atoms with Gasteiger partial charge in [-0.15, -0.1) is 0 Å². The molecule has 3 rings (SSSR count). The molecule has 2 aromatic carbocycles. The number of hydrogen-bond acceptors (Lipinski definition) is 5. The fraction of sp³-hybridized carbons (Fsp3) is 0.111. The lowest BCUT2D eigenvalue weighted by atomic mass is 10.2. The minimum absolute atomic E-state index is 0.412. The fourth-order valence-electron chi connectivity index (χ4n) is 2.37. The van der Waals surface area contributed by atoms with Crippen LogP contribution in [0.25, 0.3) is 23.2 Å². The summed E-state index contributed by atoms with van der Waals surface area (Å²) in [4.78, 5) is 41.0. The van der Waals surface area contributed by atoms with Crippen LogP contribution in [0.15, 0.2) is 36.4 Å². The number of rotatable bonds is 4. The second-order valence-electron chi connectivity index (χ2n) is 5.56. The molecule has 0 saturated heterocycles. The molecular formula is C18H18ClN2O7P. The first kappa shape index (κ1) is 22.6. The van der Waals surface area contributed by atoms with Crippen LogP contribution in [0.5, 0.6) is 5.75 Å². The van der Waals surface area contributed by atoms with Crippen LogP contribution in [-0.4, -0.2) is 44.8 Å². The zero-order valence-electron chi connectivity index (χ0n) is 15.4. The number of imidazole rings is 1. The number of fused-ring (bicyclic) bond motifs is 1. The van der Waals surface area contributed by atoms with Gasteiger partial charge in [-0.05, 0) is 35.9 Å². The van der Waals surface area contributed by atoms with E-state index in [0.717, 1.165) is 11.1 Å². The number of carbonyl (C=O) groups excluding carboxylic acids is 1.